The van der Waals surface area contributed by atoms with E-state index in [1.165, 1.54) is 31.7 Å². The molecule has 1 fully saturated rings. The van der Waals surface area contributed by atoms with Crippen molar-refractivity contribution in [3.63, 3.8) is 0 Å². The van der Waals surface area contributed by atoms with Crippen LogP contribution in [0.4, 0.5) is 4.39 Å². The van der Waals surface area contributed by atoms with Gasteiger partial charge in [0.1, 0.15) is 5.82 Å². The molecule has 0 heterocycles. The summed E-state index contributed by atoms with van der Waals surface area (Å²) in [6, 6.07) is 6.62. The van der Waals surface area contributed by atoms with E-state index in [2.05, 4.69) is 12.2 Å². The minimum Gasteiger partial charge on any atom is -0.312 e. The average Bonchev–Trinajstić information content (AvgIpc) is 2.40. The van der Waals surface area contributed by atoms with E-state index in [1.807, 2.05) is 6.07 Å². The molecule has 0 radical (unpaired) electrons. The zero-order valence-corrected chi connectivity index (χ0v) is 11.5. The van der Waals surface area contributed by atoms with Crippen molar-refractivity contribution >= 4 is 0 Å². The second kappa shape index (κ2) is 6.68. The first-order chi connectivity index (χ1) is 9.19. The van der Waals surface area contributed by atoms with Crippen molar-refractivity contribution in [3.05, 3.63) is 35.1 Å². The van der Waals surface area contributed by atoms with Crippen LogP contribution in [0.3, 0.4) is 0 Å². The van der Waals surface area contributed by atoms with Crippen molar-refractivity contribution in [3.8, 4) is 6.07 Å². The SMILES string of the molecule is CC1CCCC(CNCc2ccc(C#N)cc2F)C1. The van der Waals surface area contributed by atoms with Gasteiger partial charge in [-0.3, -0.25) is 0 Å². The van der Waals surface area contributed by atoms with Crippen molar-refractivity contribution in [1.82, 2.24) is 5.32 Å². The van der Waals surface area contributed by atoms with Crippen LogP contribution in [-0.2, 0) is 6.54 Å². The molecule has 1 aromatic carbocycles. The van der Waals surface area contributed by atoms with Crippen LogP contribution in [0.1, 0.15) is 43.7 Å². The molecule has 1 N–H and O–H groups in total. The summed E-state index contributed by atoms with van der Waals surface area (Å²) >= 11 is 0. The third-order valence-electron chi connectivity index (χ3n) is 3.98. The Bertz CT molecular complexity index is 464. The maximum atomic E-state index is 13.7. The highest BCUT2D eigenvalue weighted by atomic mass is 19.1. The molecule has 0 saturated heterocycles. The van der Waals surface area contributed by atoms with Gasteiger partial charge in [-0.05, 0) is 43.4 Å². The van der Waals surface area contributed by atoms with Crippen molar-refractivity contribution in [1.29, 1.82) is 5.26 Å². The Morgan fingerprint density at radius 1 is 1.42 bits per heavy atom. The summed E-state index contributed by atoms with van der Waals surface area (Å²) in [5.74, 6) is 1.26. The maximum absolute atomic E-state index is 13.7. The first-order valence-electron chi connectivity index (χ1n) is 7.08. The summed E-state index contributed by atoms with van der Waals surface area (Å²) in [6.07, 6.45) is 5.23. The van der Waals surface area contributed by atoms with Gasteiger partial charge in [0.15, 0.2) is 0 Å². The molecule has 3 heteroatoms. The maximum Gasteiger partial charge on any atom is 0.129 e. The summed E-state index contributed by atoms with van der Waals surface area (Å²) in [4.78, 5) is 0. The number of nitriles is 1. The van der Waals surface area contributed by atoms with E-state index >= 15 is 0 Å². The third-order valence-corrected chi connectivity index (χ3v) is 3.98. The Morgan fingerprint density at radius 3 is 2.95 bits per heavy atom. The van der Waals surface area contributed by atoms with Gasteiger partial charge in [-0.15, -0.1) is 0 Å². The van der Waals surface area contributed by atoms with Gasteiger partial charge in [-0.25, -0.2) is 4.39 Å². The summed E-state index contributed by atoms with van der Waals surface area (Å²) in [7, 11) is 0. The molecule has 2 atom stereocenters. The molecular weight excluding hydrogens is 239 g/mol. The molecule has 2 nitrogen and oxygen atoms in total. The molecule has 0 spiro atoms. The molecule has 1 aliphatic rings. The normalized spacial score (nSPS) is 23.0. The minimum atomic E-state index is -0.288. The van der Waals surface area contributed by atoms with Gasteiger partial charge in [-0.1, -0.05) is 25.8 Å². The van der Waals surface area contributed by atoms with Gasteiger partial charge in [-0.2, -0.15) is 5.26 Å². The van der Waals surface area contributed by atoms with Gasteiger partial charge in [0.25, 0.3) is 0 Å². The first kappa shape index (κ1) is 14.0. The van der Waals surface area contributed by atoms with E-state index in [0.717, 1.165) is 18.4 Å². The second-order valence-corrected chi connectivity index (χ2v) is 5.69. The molecule has 0 aliphatic heterocycles. The molecule has 0 bridgehead atoms. The Kier molecular flexibility index (Phi) is 4.93. The fraction of sp³-hybridized carbons (Fsp3) is 0.562. The lowest BCUT2D eigenvalue weighted by Crippen LogP contribution is -2.26. The zero-order valence-electron chi connectivity index (χ0n) is 11.5. The van der Waals surface area contributed by atoms with Gasteiger partial charge in [0.05, 0.1) is 11.6 Å². The molecule has 102 valence electrons. The van der Waals surface area contributed by atoms with E-state index in [1.54, 1.807) is 12.1 Å². The highest BCUT2D eigenvalue weighted by Crippen LogP contribution is 2.27. The van der Waals surface area contributed by atoms with E-state index in [9.17, 15) is 4.39 Å². The second-order valence-electron chi connectivity index (χ2n) is 5.69. The van der Waals surface area contributed by atoms with Crippen molar-refractivity contribution < 1.29 is 4.39 Å². The van der Waals surface area contributed by atoms with E-state index in [0.29, 0.717) is 17.7 Å². The van der Waals surface area contributed by atoms with Crippen molar-refractivity contribution in [2.24, 2.45) is 11.8 Å². The standard InChI is InChI=1S/C16H21FN2/c1-12-3-2-4-14(7-12)10-19-11-15-6-5-13(9-18)8-16(15)17/h5-6,8,12,14,19H,2-4,7,10-11H2,1H3. The van der Waals surface area contributed by atoms with Crippen LogP contribution in [0.25, 0.3) is 0 Å². The van der Waals surface area contributed by atoms with Crippen LogP contribution in [0.15, 0.2) is 18.2 Å². The number of rotatable bonds is 4. The molecule has 19 heavy (non-hydrogen) atoms. The summed E-state index contributed by atoms with van der Waals surface area (Å²) in [5, 5.41) is 12.0. The van der Waals surface area contributed by atoms with Gasteiger partial charge in [0.2, 0.25) is 0 Å². The summed E-state index contributed by atoms with van der Waals surface area (Å²) in [5.41, 5.74) is 1.02. The number of nitrogens with zero attached hydrogens (tertiary/aromatic N) is 1. The molecule has 0 amide bonds. The van der Waals surface area contributed by atoms with Gasteiger partial charge >= 0.3 is 0 Å². The molecule has 0 aromatic heterocycles. The average molecular weight is 260 g/mol. The molecule has 1 saturated carbocycles. The fourth-order valence-corrected chi connectivity index (χ4v) is 2.92. The Balaban J connectivity index is 1.81. The predicted octanol–water partition coefficient (Wildman–Crippen LogP) is 3.61. The smallest absolute Gasteiger partial charge is 0.129 e. The Morgan fingerprint density at radius 2 is 2.26 bits per heavy atom. The lowest BCUT2D eigenvalue weighted by molar-refractivity contribution is 0.274. The van der Waals surface area contributed by atoms with Crippen molar-refractivity contribution in [2.75, 3.05) is 6.54 Å². The summed E-state index contributed by atoms with van der Waals surface area (Å²) in [6.45, 7) is 3.82. The topological polar surface area (TPSA) is 35.8 Å². The van der Waals surface area contributed by atoms with Gasteiger partial charge < -0.3 is 5.32 Å². The van der Waals surface area contributed by atoms with Crippen LogP contribution in [0.2, 0.25) is 0 Å². The quantitative estimate of drug-likeness (QED) is 0.897. The molecule has 2 rings (SSSR count). The highest BCUT2D eigenvalue weighted by molar-refractivity contribution is 5.32. The van der Waals surface area contributed by atoms with Crippen LogP contribution in [0, 0.1) is 29.0 Å². The number of hydrogen-bond donors (Lipinski definition) is 1. The third kappa shape index (κ3) is 4.04. The van der Waals surface area contributed by atoms with E-state index < -0.39 is 0 Å². The number of hydrogen-bond acceptors (Lipinski definition) is 2. The lowest BCUT2D eigenvalue weighted by atomic mass is 9.82. The number of benzene rings is 1. The lowest BCUT2D eigenvalue weighted by Gasteiger charge is -2.26. The van der Waals surface area contributed by atoms with Crippen LogP contribution in [-0.4, -0.2) is 6.54 Å². The highest BCUT2D eigenvalue weighted by Gasteiger charge is 2.18. The molecule has 1 aliphatic carbocycles. The Labute approximate surface area is 114 Å². The zero-order chi connectivity index (χ0) is 13.7. The van der Waals surface area contributed by atoms with Crippen molar-refractivity contribution in [2.45, 2.75) is 39.2 Å². The van der Waals surface area contributed by atoms with Gasteiger partial charge in [0, 0.05) is 12.1 Å². The largest absolute Gasteiger partial charge is 0.312 e. The fourth-order valence-electron chi connectivity index (χ4n) is 2.92. The van der Waals surface area contributed by atoms with Crippen LogP contribution < -0.4 is 5.32 Å². The number of halogens is 1. The number of nitrogens with one attached hydrogen (secondary N) is 1. The van der Waals surface area contributed by atoms with E-state index in [4.69, 9.17) is 5.26 Å². The monoisotopic (exact) mass is 260 g/mol. The van der Waals surface area contributed by atoms with Crippen LogP contribution >= 0.6 is 0 Å². The Hall–Kier alpha value is -1.40. The summed E-state index contributed by atoms with van der Waals surface area (Å²) < 4.78 is 13.7. The molecular formula is C16H21FN2. The molecule has 2 unspecified atom stereocenters. The van der Waals surface area contributed by atoms with E-state index in [-0.39, 0.29) is 5.82 Å². The van der Waals surface area contributed by atoms with Crippen LogP contribution in [0.5, 0.6) is 0 Å². The predicted molar refractivity (Wildman–Crippen MR) is 73.9 cm³/mol. The first-order valence-corrected chi connectivity index (χ1v) is 7.08. The molecule has 1 aromatic rings. The minimum absolute atomic E-state index is 0.288.